The van der Waals surface area contributed by atoms with Crippen LogP contribution in [-0.2, 0) is 4.79 Å². The molecule has 1 unspecified atom stereocenters. The van der Waals surface area contributed by atoms with Crippen molar-refractivity contribution in [2.45, 2.75) is 70.4 Å². The Hall–Kier alpha value is -0.570. The molecule has 0 radical (unpaired) electrons. The highest BCUT2D eigenvalue weighted by Gasteiger charge is 2.42. The predicted molar refractivity (Wildman–Crippen MR) is 68.0 cm³/mol. The van der Waals surface area contributed by atoms with Gasteiger partial charge in [-0.15, -0.1) is 0 Å². The molecule has 98 valence electrons. The number of likely N-dealkylation sites (tertiary alicyclic amines) is 1. The molecule has 1 heterocycles. The second-order valence-corrected chi connectivity index (χ2v) is 6.22. The highest BCUT2D eigenvalue weighted by molar-refractivity contribution is 5.67. The van der Waals surface area contributed by atoms with E-state index in [1.54, 1.807) is 0 Å². The molecule has 1 N–H and O–H groups in total. The van der Waals surface area contributed by atoms with Crippen molar-refractivity contribution in [1.29, 1.82) is 0 Å². The van der Waals surface area contributed by atoms with Gasteiger partial charge in [0, 0.05) is 18.0 Å². The van der Waals surface area contributed by atoms with Crippen molar-refractivity contribution >= 4 is 5.97 Å². The summed E-state index contributed by atoms with van der Waals surface area (Å²) >= 11 is 0. The summed E-state index contributed by atoms with van der Waals surface area (Å²) in [6, 6.07) is 0.710. The van der Waals surface area contributed by atoms with Gasteiger partial charge in [0.15, 0.2) is 0 Å². The zero-order valence-corrected chi connectivity index (χ0v) is 11.1. The molecule has 0 spiro atoms. The highest BCUT2D eigenvalue weighted by atomic mass is 16.4. The van der Waals surface area contributed by atoms with E-state index in [0.717, 1.165) is 19.4 Å². The molecule has 1 aliphatic heterocycles. The van der Waals surface area contributed by atoms with Crippen LogP contribution in [0.3, 0.4) is 0 Å². The van der Waals surface area contributed by atoms with Gasteiger partial charge < -0.3 is 5.11 Å². The Bertz CT molecular complexity index is 282. The molecule has 0 amide bonds. The van der Waals surface area contributed by atoms with E-state index in [-0.39, 0.29) is 5.54 Å². The van der Waals surface area contributed by atoms with Crippen LogP contribution in [0.25, 0.3) is 0 Å². The number of carboxylic acid groups (broad SMARTS) is 1. The Morgan fingerprint density at radius 2 is 1.88 bits per heavy atom. The van der Waals surface area contributed by atoms with E-state index in [9.17, 15) is 4.79 Å². The summed E-state index contributed by atoms with van der Waals surface area (Å²) in [4.78, 5) is 13.6. The first-order chi connectivity index (χ1) is 8.01. The first kappa shape index (κ1) is 12.9. The van der Waals surface area contributed by atoms with Gasteiger partial charge >= 0.3 is 5.97 Å². The van der Waals surface area contributed by atoms with Crippen LogP contribution in [0.15, 0.2) is 0 Å². The normalized spacial score (nSPS) is 30.6. The lowest BCUT2D eigenvalue weighted by molar-refractivity contribution is -0.140. The van der Waals surface area contributed by atoms with Crippen LogP contribution in [-0.4, -0.2) is 34.1 Å². The summed E-state index contributed by atoms with van der Waals surface area (Å²) in [6.07, 6.45) is 7.88. The van der Waals surface area contributed by atoms with Gasteiger partial charge in [-0.05, 0) is 52.0 Å². The first-order valence-corrected chi connectivity index (χ1v) is 7.00. The summed E-state index contributed by atoms with van der Waals surface area (Å²) in [7, 11) is 0. The number of hydrogen-bond donors (Lipinski definition) is 1. The van der Waals surface area contributed by atoms with Crippen molar-refractivity contribution < 1.29 is 9.90 Å². The van der Waals surface area contributed by atoms with E-state index in [1.807, 2.05) is 0 Å². The van der Waals surface area contributed by atoms with Gasteiger partial charge in [0.05, 0.1) is 0 Å². The number of carbonyl (C=O) groups is 1. The zero-order chi connectivity index (χ0) is 12.5. The standard InChI is InChI=1S/C14H25NO2/c1-14(2)11(10-13(16)17)6-5-9-15(14)12-7-3-4-8-12/h11-12H,3-10H2,1-2H3,(H,16,17). The lowest BCUT2D eigenvalue weighted by Gasteiger charge is -2.50. The second-order valence-electron chi connectivity index (χ2n) is 6.22. The third-order valence-electron chi connectivity index (χ3n) is 4.88. The third kappa shape index (κ3) is 2.65. The summed E-state index contributed by atoms with van der Waals surface area (Å²) in [5, 5.41) is 9.03. The Morgan fingerprint density at radius 3 is 2.47 bits per heavy atom. The van der Waals surface area contributed by atoms with Crippen molar-refractivity contribution in [1.82, 2.24) is 4.90 Å². The Labute approximate surface area is 104 Å². The molecule has 3 nitrogen and oxygen atoms in total. The van der Waals surface area contributed by atoms with Crippen LogP contribution in [0.4, 0.5) is 0 Å². The maximum absolute atomic E-state index is 11.0. The molecule has 2 fully saturated rings. The lowest BCUT2D eigenvalue weighted by Crippen LogP contribution is -2.57. The van der Waals surface area contributed by atoms with E-state index in [0.29, 0.717) is 18.4 Å². The smallest absolute Gasteiger partial charge is 0.303 e. The summed E-state index contributed by atoms with van der Waals surface area (Å²) in [5.74, 6) is -0.328. The van der Waals surface area contributed by atoms with E-state index < -0.39 is 5.97 Å². The number of rotatable bonds is 3. The zero-order valence-electron chi connectivity index (χ0n) is 11.1. The van der Waals surface area contributed by atoms with E-state index in [1.165, 1.54) is 25.7 Å². The minimum atomic E-state index is -0.642. The molecule has 1 saturated carbocycles. The van der Waals surface area contributed by atoms with Gasteiger partial charge in [-0.1, -0.05) is 12.8 Å². The molecule has 3 heteroatoms. The van der Waals surface area contributed by atoms with Crippen molar-refractivity contribution in [3.8, 4) is 0 Å². The molecule has 0 aromatic heterocycles. The molecular weight excluding hydrogens is 214 g/mol. The number of hydrogen-bond acceptors (Lipinski definition) is 2. The fraction of sp³-hybridized carbons (Fsp3) is 0.929. The summed E-state index contributed by atoms with van der Waals surface area (Å²) < 4.78 is 0. The number of piperidine rings is 1. The monoisotopic (exact) mass is 239 g/mol. The maximum Gasteiger partial charge on any atom is 0.303 e. The lowest BCUT2D eigenvalue weighted by atomic mass is 9.76. The van der Waals surface area contributed by atoms with Gasteiger partial charge in [-0.2, -0.15) is 0 Å². The summed E-state index contributed by atoms with van der Waals surface area (Å²) in [5.41, 5.74) is 0.0612. The average Bonchev–Trinajstić information content (AvgIpc) is 2.73. The molecule has 2 aliphatic rings. The van der Waals surface area contributed by atoms with Crippen LogP contribution in [0.1, 0.15) is 58.8 Å². The molecule has 2 rings (SSSR count). The molecule has 17 heavy (non-hydrogen) atoms. The van der Waals surface area contributed by atoms with Crippen molar-refractivity contribution in [2.75, 3.05) is 6.54 Å². The summed E-state index contributed by atoms with van der Waals surface area (Å²) in [6.45, 7) is 5.66. The van der Waals surface area contributed by atoms with Crippen LogP contribution in [0.2, 0.25) is 0 Å². The molecule has 1 saturated heterocycles. The molecule has 0 aromatic rings. The molecule has 1 aliphatic carbocycles. The van der Waals surface area contributed by atoms with Gasteiger partial charge in [-0.3, -0.25) is 9.69 Å². The SMILES string of the molecule is CC1(C)C(CC(=O)O)CCCN1C1CCCC1. The minimum Gasteiger partial charge on any atom is -0.481 e. The van der Waals surface area contributed by atoms with E-state index in [2.05, 4.69) is 18.7 Å². The van der Waals surface area contributed by atoms with Crippen LogP contribution >= 0.6 is 0 Å². The predicted octanol–water partition coefficient (Wildman–Crippen LogP) is 2.89. The largest absolute Gasteiger partial charge is 0.481 e. The molecule has 1 atom stereocenters. The quantitative estimate of drug-likeness (QED) is 0.823. The van der Waals surface area contributed by atoms with Crippen molar-refractivity contribution in [3.05, 3.63) is 0 Å². The molecule has 0 aromatic carbocycles. The van der Waals surface area contributed by atoms with Crippen molar-refractivity contribution in [2.24, 2.45) is 5.92 Å². The fourth-order valence-corrected chi connectivity index (χ4v) is 3.82. The number of nitrogens with zero attached hydrogens (tertiary/aromatic N) is 1. The second kappa shape index (κ2) is 4.97. The van der Waals surface area contributed by atoms with Gasteiger partial charge in [0.1, 0.15) is 0 Å². The Morgan fingerprint density at radius 1 is 1.24 bits per heavy atom. The van der Waals surface area contributed by atoms with E-state index in [4.69, 9.17) is 5.11 Å². The average molecular weight is 239 g/mol. The van der Waals surface area contributed by atoms with Gasteiger partial charge in [-0.25, -0.2) is 0 Å². The number of carboxylic acids is 1. The maximum atomic E-state index is 11.0. The Balaban J connectivity index is 2.08. The van der Waals surface area contributed by atoms with Crippen molar-refractivity contribution in [3.63, 3.8) is 0 Å². The Kier molecular flexibility index (Phi) is 3.76. The first-order valence-electron chi connectivity index (χ1n) is 7.00. The van der Waals surface area contributed by atoms with Gasteiger partial charge in [0.2, 0.25) is 0 Å². The van der Waals surface area contributed by atoms with E-state index >= 15 is 0 Å². The molecular formula is C14H25NO2. The van der Waals surface area contributed by atoms with Crippen LogP contribution in [0, 0.1) is 5.92 Å². The molecule has 0 bridgehead atoms. The fourth-order valence-electron chi connectivity index (χ4n) is 3.82. The van der Waals surface area contributed by atoms with Crippen LogP contribution in [0.5, 0.6) is 0 Å². The minimum absolute atomic E-state index is 0.0612. The van der Waals surface area contributed by atoms with Gasteiger partial charge in [0.25, 0.3) is 0 Å². The van der Waals surface area contributed by atoms with Crippen LogP contribution < -0.4 is 0 Å². The number of aliphatic carboxylic acids is 1. The topological polar surface area (TPSA) is 40.5 Å². The highest BCUT2D eigenvalue weighted by Crippen LogP contribution is 2.40. The third-order valence-corrected chi connectivity index (χ3v) is 4.88.